The van der Waals surface area contributed by atoms with Crippen LogP contribution in [-0.4, -0.2) is 37.8 Å². The van der Waals surface area contributed by atoms with Crippen LogP contribution in [0.3, 0.4) is 0 Å². The van der Waals surface area contributed by atoms with Gasteiger partial charge in [-0.15, -0.1) is 11.3 Å². The zero-order chi connectivity index (χ0) is 27.3. The topological polar surface area (TPSA) is 106 Å². The molecule has 3 heterocycles. The molecule has 0 unspecified atom stereocenters. The van der Waals surface area contributed by atoms with E-state index < -0.39 is 0 Å². The van der Waals surface area contributed by atoms with Gasteiger partial charge in [0.05, 0.1) is 44.9 Å². The summed E-state index contributed by atoms with van der Waals surface area (Å²) in [4.78, 5) is 57.8. The van der Waals surface area contributed by atoms with E-state index in [4.69, 9.17) is 0 Å². The Hall–Kier alpha value is -3.70. The lowest BCUT2D eigenvalue weighted by molar-refractivity contribution is -0.122. The highest BCUT2D eigenvalue weighted by Crippen LogP contribution is 2.41. The fourth-order valence-corrected chi connectivity index (χ4v) is 7.43. The molecule has 0 spiro atoms. The van der Waals surface area contributed by atoms with Crippen molar-refractivity contribution in [1.82, 2.24) is 14.3 Å². The van der Waals surface area contributed by atoms with E-state index in [1.807, 2.05) is 42.5 Å². The number of thioether (sulfide) groups is 1. The number of nitrogens with zero attached hydrogens (tertiary/aromatic N) is 4. The van der Waals surface area contributed by atoms with Gasteiger partial charge in [0.25, 0.3) is 5.56 Å². The summed E-state index contributed by atoms with van der Waals surface area (Å²) in [6.07, 6.45) is 3.53. The van der Waals surface area contributed by atoms with E-state index in [0.717, 1.165) is 35.9 Å². The molecule has 9 nitrogen and oxygen atoms in total. The fraction of sp³-hybridized carbons (Fsp3) is 0.321. The Labute approximate surface area is 232 Å². The molecule has 1 aliphatic carbocycles. The normalized spacial score (nSPS) is 19.1. The number of carbonyl (C=O) groups is 3. The third-order valence-electron chi connectivity index (χ3n) is 7.60. The van der Waals surface area contributed by atoms with Crippen LogP contribution in [0.25, 0.3) is 15.9 Å². The lowest BCUT2D eigenvalue weighted by Gasteiger charge is -2.19. The molecule has 6 rings (SSSR count). The lowest BCUT2D eigenvalue weighted by atomic mass is 9.81. The molecule has 2 aliphatic rings. The smallest absolute Gasteiger partial charge is 0.295 e. The molecule has 1 saturated heterocycles. The maximum Gasteiger partial charge on any atom is 0.295 e. The Balaban J connectivity index is 1.16. The average Bonchev–Trinajstić information content (AvgIpc) is 3.54. The maximum absolute atomic E-state index is 13.1. The number of rotatable bonds is 6. The van der Waals surface area contributed by atoms with Crippen molar-refractivity contribution in [3.63, 3.8) is 0 Å². The van der Waals surface area contributed by atoms with Crippen molar-refractivity contribution < 1.29 is 14.4 Å². The molecule has 2 aromatic carbocycles. The van der Waals surface area contributed by atoms with Crippen molar-refractivity contribution in [1.29, 1.82) is 0 Å². The van der Waals surface area contributed by atoms with Crippen LogP contribution >= 0.6 is 23.1 Å². The van der Waals surface area contributed by atoms with Crippen LogP contribution < -0.4 is 15.8 Å². The van der Waals surface area contributed by atoms with Crippen LogP contribution in [0.5, 0.6) is 0 Å². The van der Waals surface area contributed by atoms with Crippen molar-refractivity contribution in [2.75, 3.05) is 16.0 Å². The standard InChI is InChI=1S/C28H27N5O4S2/c1-16-24(27(37)33(31(16)2)17-8-4-3-5-9-17)30-23(34)15-38-28-29-21-13-12-18(14-22(21)39-28)32-25(35)19-10-6-7-11-20(19)26(32)36/h3-5,8-9,12-14,19-20H,6-7,10-11,15H2,1-2H3,(H,30,34)/t19-,20-/m0/s1. The van der Waals surface area contributed by atoms with Crippen molar-refractivity contribution >= 4 is 62.4 Å². The van der Waals surface area contributed by atoms with Gasteiger partial charge in [-0.2, -0.15) is 0 Å². The summed E-state index contributed by atoms with van der Waals surface area (Å²) in [7, 11) is 1.78. The minimum atomic E-state index is -0.304. The first-order valence-corrected chi connectivity index (χ1v) is 14.7. The zero-order valence-corrected chi connectivity index (χ0v) is 23.2. The first kappa shape index (κ1) is 25.6. The summed E-state index contributed by atoms with van der Waals surface area (Å²) in [6, 6.07) is 14.7. The van der Waals surface area contributed by atoms with Gasteiger partial charge < -0.3 is 5.32 Å². The molecule has 1 saturated carbocycles. The summed E-state index contributed by atoms with van der Waals surface area (Å²) in [5.74, 6) is -0.805. The van der Waals surface area contributed by atoms with Gasteiger partial charge in [0.2, 0.25) is 17.7 Å². The second-order valence-corrected chi connectivity index (χ2v) is 12.2. The molecule has 3 amide bonds. The van der Waals surface area contributed by atoms with Crippen molar-refractivity contribution in [2.45, 2.75) is 36.9 Å². The molecule has 200 valence electrons. The summed E-state index contributed by atoms with van der Waals surface area (Å²) < 4.78 is 4.77. The van der Waals surface area contributed by atoms with Crippen LogP contribution in [0, 0.1) is 18.8 Å². The minimum Gasteiger partial charge on any atom is -0.319 e. The molecule has 1 N–H and O–H groups in total. The molecule has 0 bridgehead atoms. The van der Waals surface area contributed by atoms with Gasteiger partial charge in [-0.1, -0.05) is 42.8 Å². The molecule has 11 heteroatoms. The van der Waals surface area contributed by atoms with E-state index in [0.29, 0.717) is 21.4 Å². The molecule has 2 aromatic heterocycles. The van der Waals surface area contributed by atoms with Gasteiger partial charge in [0.1, 0.15) is 5.69 Å². The third-order valence-corrected chi connectivity index (χ3v) is 9.76. The molecular formula is C28H27N5O4S2. The van der Waals surface area contributed by atoms with E-state index >= 15 is 0 Å². The molecule has 1 aliphatic heterocycles. The molecule has 0 radical (unpaired) electrons. The van der Waals surface area contributed by atoms with Gasteiger partial charge in [-0.3, -0.25) is 28.8 Å². The number of hydrogen-bond acceptors (Lipinski definition) is 7. The lowest BCUT2D eigenvalue weighted by Crippen LogP contribution is -2.30. The van der Waals surface area contributed by atoms with Gasteiger partial charge >= 0.3 is 0 Å². The number of hydrogen-bond donors (Lipinski definition) is 1. The van der Waals surface area contributed by atoms with Crippen LogP contribution in [0.4, 0.5) is 11.4 Å². The SMILES string of the molecule is Cc1c(NC(=O)CSc2nc3ccc(N4C(=O)[C@H]5CCCC[C@@H]5C4=O)cc3s2)c(=O)n(-c2ccccc2)n1C. The second-order valence-electron chi connectivity index (χ2n) is 9.91. The number of amides is 3. The Morgan fingerprint density at radius 2 is 1.72 bits per heavy atom. The summed E-state index contributed by atoms with van der Waals surface area (Å²) in [5, 5.41) is 2.78. The monoisotopic (exact) mass is 561 g/mol. The number of thiazole rings is 1. The summed E-state index contributed by atoms with van der Waals surface area (Å²) in [5.41, 5.74) is 2.65. The number of carbonyl (C=O) groups excluding carboxylic acids is 3. The molecule has 4 aromatic rings. The predicted molar refractivity (Wildman–Crippen MR) is 153 cm³/mol. The molecule has 2 atom stereocenters. The first-order chi connectivity index (χ1) is 18.8. The summed E-state index contributed by atoms with van der Waals surface area (Å²) in [6.45, 7) is 1.79. The highest BCUT2D eigenvalue weighted by atomic mass is 32.2. The number of imide groups is 1. The van der Waals surface area contributed by atoms with E-state index in [1.165, 1.54) is 32.7 Å². The average molecular weight is 562 g/mol. The largest absolute Gasteiger partial charge is 0.319 e. The predicted octanol–water partition coefficient (Wildman–Crippen LogP) is 4.50. The minimum absolute atomic E-state index is 0.0816. The Morgan fingerprint density at radius 1 is 1.03 bits per heavy atom. The van der Waals surface area contributed by atoms with E-state index in [1.54, 1.807) is 24.7 Å². The molecular weight excluding hydrogens is 534 g/mol. The highest BCUT2D eigenvalue weighted by molar-refractivity contribution is 8.01. The van der Waals surface area contributed by atoms with Gasteiger partial charge in [0.15, 0.2) is 4.34 Å². The number of fused-ring (bicyclic) bond motifs is 2. The highest BCUT2D eigenvalue weighted by Gasteiger charge is 2.48. The maximum atomic E-state index is 13.1. The van der Waals surface area contributed by atoms with Gasteiger partial charge in [0, 0.05) is 7.05 Å². The number of benzene rings is 2. The number of anilines is 2. The molecule has 2 fully saturated rings. The van der Waals surface area contributed by atoms with Gasteiger partial charge in [-0.25, -0.2) is 9.67 Å². The second kappa shape index (κ2) is 10.1. The van der Waals surface area contributed by atoms with E-state index in [2.05, 4.69) is 10.3 Å². The number of nitrogens with one attached hydrogen (secondary N) is 1. The van der Waals surface area contributed by atoms with Crippen LogP contribution in [0.2, 0.25) is 0 Å². The van der Waals surface area contributed by atoms with E-state index in [-0.39, 0.29) is 46.6 Å². The summed E-state index contributed by atoms with van der Waals surface area (Å²) >= 11 is 2.69. The van der Waals surface area contributed by atoms with E-state index in [9.17, 15) is 19.2 Å². The number of para-hydroxylation sites is 1. The van der Waals surface area contributed by atoms with Crippen molar-refractivity contribution in [3.05, 3.63) is 64.6 Å². The van der Waals surface area contributed by atoms with Crippen molar-refractivity contribution in [2.24, 2.45) is 18.9 Å². The molecule has 39 heavy (non-hydrogen) atoms. The third kappa shape index (κ3) is 4.49. The number of aromatic nitrogens is 3. The van der Waals surface area contributed by atoms with Crippen molar-refractivity contribution in [3.8, 4) is 5.69 Å². The fourth-order valence-electron chi connectivity index (χ4n) is 5.52. The van der Waals surface area contributed by atoms with Crippen LogP contribution in [0.1, 0.15) is 31.4 Å². The zero-order valence-electron chi connectivity index (χ0n) is 21.5. The van der Waals surface area contributed by atoms with Crippen LogP contribution in [-0.2, 0) is 21.4 Å². The Morgan fingerprint density at radius 3 is 2.41 bits per heavy atom. The van der Waals surface area contributed by atoms with Gasteiger partial charge in [-0.05, 0) is 50.1 Å². The quantitative estimate of drug-likeness (QED) is 0.274. The first-order valence-electron chi connectivity index (χ1n) is 12.9. The van der Waals surface area contributed by atoms with Crippen LogP contribution in [0.15, 0.2) is 57.7 Å². The Kier molecular flexibility index (Phi) is 6.64. The Bertz CT molecular complexity index is 1650.